The zero-order chi connectivity index (χ0) is 20.3. The molecular weight excluding hydrogens is 379 g/mol. The minimum absolute atomic E-state index is 0.117. The van der Waals surface area contributed by atoms with Gasteiger partial charge in [0, 0.05) is 24.4 Å². The molecule has 1 aromatic carbocycles. The van der Waals surface area contributed by atoms with Crippen LogP contribution in [0.2, 0.25) is 0 Å². The van der Waals surface area contributed by atoms with Gasteiger partial charge in [0.05, 0.1) is 12.4 Å². The number of hydrogen-bond acceptors (Lipinski definition) is 4. The molecule has 0 bridgehead atoms. The Labute approximate surface area is 155 Å². The predicted molar refractivity (Wildman–Crippen MR) is 92.6 cm³/mol. The molecule has 3 rings (SSSR count). The highest BCUT2D eigenvalue weighted by Crippen LogP contribution is 2.18. The molecule has 2 aromatic heterocycles. The van der Waals surface area contributed by atoms with Crippen LogP contribution < -0.4 is 10.7 Å². The summed E-state index contributed by atoms with van der Waals surface area (Å²) in [4.78, 5) is 22.8. The van der Waals surface area contributed by atoms with Gasteiger partial charge < -0.3 is 5.11 Å². The largest absolute Gasteiger partial charge is 0.465 e. The van der Waals surface area contributed by atoms with Gasteiger partial charge in [0.2, 0.25) is 5.43 Å². The third-order valence-electron chi connectivity index (χ3n) is 3.66. The van der Waals surface area contributed by atoms with Gasteiger partial charge in [0.15, 0.2) is 0 Å². The summed E-state index contributed by atoms with van der Waals surface area (Å²) < 4.78 is 39.4. The van der Waals surface area contributed by atoms with Crippen LogP contribution in [0.4, 0.5) is 23.7 Å². The lowest BCUT2D eigenvalue weighted by Gasteiger charge is -2.07. The number of hydrogen-bond donors (Lipinski definition) is 2. The van der Waals surface area contributed by atoms with E-state index in [1.165, 1.54) is 29.3 Å². The molecule has 0 atom stereocenters. The molecule has 2 heterocycles. The first-order chi connectivity index (χ1) is 13.2. The number of nitrogens with one attached hydrogen (secondary N) is 1. The quantitative estimate of drug-likeness (QED) is 0.694. The first kappa shape index (κ1) is 19.1. The van der Waals surface area contributed by atoms with Crippen molar-refractivity contribution in [1.82, 2.24) is 19.6 Å². The molecule has 0 fully saturated rings. The van der Waals surface area contributed by atoms with Crippen molar-refractivity contribution in [2.45, 2.75) is 19.1 Å². The highest BCUT2D eigenvalue weighted by Gasteiger charge is 2.28. The molecule has 28 heavy (non-hydrogen) atoms. The molecule has 1 amide bonds. The second-order valence-electron chi connectivity index (χ2n) is 5.89. The Morgan fingerprint density at radius 3 is 2.75 bits per heavy atom. The van der Waals surface area contributed by atoms with Gasteiger partial charge in [-0.15, -0.1) is 0 Å². The number of carboxylic acid groups (broad SMARTS) is 1. The van der Waals surface area contributed by atoms with E-state index in [4.69, 9.17) is 5.11 Å². The summed E-state index contributed by atoms with van der Waals surface area (Å²) in [5.74, 6) is 0. The van der Waals surface area contributed by atoms with Crippen LogP contribution in [-0.4, -0.2) is 36.9 Å². The number of amides is 1. The lowest BCUT2D eigenvalue weighted by atomic mass is 10.1. The van der Waals surface area contributed by atoms with Gasteiger partial charge in [-0.3, -0.25) is 14.8 Å². The number of rotatable bonds is 5. The summed E-state index contributed by atoms with van der Waals surface area (Å²) in [6.45, 7) is -1.23. The Morgan fingerprint density at radius 1 is 1.25 bits per heavy atom. The first-order valence-electron chi connectivity index (χ1n) is 7.97. The molecule has 0 unspecified atom stereocenters. The highest BCUT2D eigenvalue weighted by atomic mass is 19.4. The molecule has 0 aliphatic heterocycles. The first-order valence-corrected chi connectivity index (χ1v) is 7.97. The fourth-order valence-electron chi connectivity index (χ4n) is 2.53. The number of aromatic nitrogens is 4. The van der Waals surface area contributed by atoms with Crippen LogP contribution >= 0.6 is 0 Å². The van der Waals surface area contributed by atoms with Crippen molar-refractivity contribution in [1.29, 1.82) is 0 Å². The minimum Gasteiger partial charge on any atom is -0.465 e. The fraction of sp³-hybridized carbons (Fsp3) is 0.176. The lowest BCUT2D eigenvalue weighted by Crippen LogP contribution is -2.18. The van der Waals surface area contributed by atoms with Gasteiger partial charge in [-0.1, -0.05) is 12.1 Å². The van der Waals surface area contributed by atoms with E-state index in [9.17, 15) is 22.8 Å². The van der Waals surface area contributed by atoms with Gasteiger partial charge in [0.1, 0.15) is 17.9 Å². The van der Waals surface area contributed by atoms with E-state index < -0.39 is 18.8 Å². The Kier molecular flexibility index (Phi) is 5.16. The average Bonchev–Trinajstić information content (AvgIpc) is 3.03. The van der Waals surface area contributed by atoms with Crippen LogP contribution in [0, 0.1) is 0 Å². The minimum atomic E-state index is -4.40. The molecule has 0 spiro atoms. The van der Waals surface area contributed by atoms with E-state index >= 15 is 0 Å². The van der Waals surface area contributed by atoms with Gasteiger partial charge >= 0.3 is 12.3 Å². The Balaban J connectivity index is 1.84. The molecule has 0 aliphatic carbocycles. The zero-order valence-corrected chi connectivity index (χ0v) is 14.2. The van der Waals surface area contributed by atoms with Crippen LogP contribution in [0.5, 0.6) is 0 Å². The molecule has 0 saturated carbocycles. The fourth-order valence-corrected chi connectivity index (χ4v) is 2.53. The number of benzene rings is 1. The number of anilines is 1. The molecule has 8 nitrogen and oxygen atoms in total. The number of nitrogens with zero attached hydrogens (tertiary/aromatic N) is 4. The number of halogens is 3. The summed E-state index contributed by atoms with van der Waals surface area (Å²) in [6, 6.07) is 7.70. The molecule has 11 heteroatoms. The maximum absolute atomic E-state index is 12.5. The topological polar surface area (TPSA) is 102 Å². The van der Waals surface area contributed by atoms with Crippen LogP contribution in [0.15, 0.2) is 53.7 Å². The summed E-state index contributed by atoms with van der Waals surface area (Å²) in [6.07, 6.45) is -1.78. The molecule has 0 saturated heterocycles. The van der Waals surface area contributed by atoms with E-state index in [1.807, 2.05) is 0 Å². The van der Waals surface area contributed by atoms with Gasteiger partial charge in [-0.25, -0.2) is 9.48 Å². The van der Waals surface area contributed by atoms with Gasteiger partial charge in [0.25, 0.3) is 0 Å². The number of alkyl halides is 3. The average molecular weight is 393 g/mol. The Morgan fingerprint density at radius 2 is 2.04 bits per heavy atom. The van der Waals surface area contributed by atoms with E-state index in [0.29, 0.717) is 11.3 Å². The van der Waals surface area contributed by atoms with Crippen molar-refractivity contribution in [3.8, 4) is 5.69 Å². The maximum Gasteiger partial charge on any atom is 0.409 e. The van der Waals surface area contributed by atoms with E-state index in [-0.39, 0.29) is 23.2 Å². The van der Waals surface area contributed by atoms with Crippen LogP contribution in [0.3, 0.4) is 0 Å². The molecule has 3 aromatic rings. The maximum atomic E-state index is 12.5. The standard InChI is InChI=1S/C17H14F3N5O3/c18-17(19,20)10-24-9-13(8-21-24)25-5-4-15(26)14(23-25)7-11-2-1-3-12(6-11)22-16(27)28/h1-6,8-9,22H,7,10H2,(H,27,28). The van der Waals surface area contributed by atoms with Crippen molar-refractivity contribution in [3.63, 3.8) is 0 Å². The molecule has 2 N–H and O–H groups in total. The molecular formula is C17H14F3N5O3. The smallest absolute Gasteiger partial charge is 0.409 e. The normalized spacial score (nSPS) is 11.4. The van der Waals surface area contributed by atoms with Gasteiger partial charge in [-0.05, 0) is 17.7 Å². The third-order valence-corrected chi connectivity index (χ3v) is 3.66. The zero-order valence-electron chi connectivity index (χ0n) is 14.2. The van der Waals surface area contributed by atoms with E-state index in [1.54, 1.807) is 24.3 Å². The SMILES string of the molecule is O=C(O)Nc1cccc(Cc2nn(-c3cnn(CC(F)(F)F)c3)ccc2=O)c1. The van der Waals surface area contributed by atoms with Crippen LogP contribution in [0.25, 0.3) is 5.69 Å². The van der Waals surface area contributed by atoms with Crippen LogP contribution in [0.1, 0.15) is 11.3 Å². The monoisotopic (exact) mass is 393 g/mol. The second kappa shape index (κ2) is 7.55. The predicted octanol–water partition coefficient (Wildman–Crippen LogP) is 2.67. The van der Waals surface area contributed by atoms with E-state index in [0.717, 1.165) is 4.68 Å². The highest BCUT2D eigenvalue weighted by molar-refractivity contribution is 5.82. The molecule has 0 aliphatic rings. The summed E-state index contributed by atoms with van der Waals surface area (Å²) >= 11 is 0. The van der Waals surface area contributed by atoms with Crippen molar-refractivity contribution in [2.24, 2.45) is 0 Å². The molecule has 146 valence electrons. The summed E-state index contributed by atoms with van der Waals surface area (Å²) in [5.41, 5.74) is 1.05. The third kappa shape index (κ3) is 4.96. The van der Waals surface area contributed by atoms with Crippen molar-refractivity contribution in [3.05, 3.63) is 70.4 Å². The lowest BCUT2D eigenvalue weighted by molar-refractivity contribution is -0.142. The number of carbonyl (C=O) groups is 1. The van der Waals surface area contributed by atoms with Crippen molar-refractivity contribution < 1.29 is 23.1 Å². The van der Waals surface area contributed by atoms with E-state index in [2.05, 4.69) is 15.5 Å². The second-order valence-corrected chi connectivity index (χ2v) is 5.89. The van der Waals surface area contributed by atoms with Crippen molar-refractivity contribution >= 4 is 11.8 Å². The summed E-state index contributed by atoms with van der Waals surface area (Å²) in [7, 11) is 0. The Hall–Kier alpha value is -3.63. The van der Waals surface area contributed by atoms with Gasteiger partial charge in [-0.2, -0.15) is 23.4 Å². The Bertz CT molecular complexity index is 1060. The van der Waals surface area contributed by atoms with Crippen LogP contribution in [-0.2, 0) is 13.0 Å². The molecule has 0 radical (unpaired) electrons. The van der Waals surface area contributed by atoms with Crippen molar-refractivity contribution in [2.75, 3.05) is 5.32 Å². The summed E-state index contributed by atoms with van der Waals surface area (Å²) in [5, 5.41) is 18.8.